The molecule has 0 saturated heterocycles. The highest BCUT2D eigenvalue weighted by atomic mass is 127. The van der Waals surface area contributed by atoms with Crippen LogP contribution in [0.25, 0.3) is 10.9 Å². The molecule has 0 aliphatic heterocycles. The Labute approximate surface area is 190 Å². The zero-order valence-electron chi connectivity index (χ0n) is 16.4. The Morgan fingerprint density at radius 2 is 2.10 bits per heavy atom. The van der Waals surface area contributed by atoms with Gasteiger partial charge in [-0.3, -0.25) is 4.79 Å². The van der Waals surface area contributed by atoms with E-state index in [2.05, 4.69) is 20.6 Å². The van der Waals surface area contributed by atoms with Crippen molar-refractivity contribution in [1.29, 1.82) is 0 Å². The first-order valence-corrected chi connectivity index (χ1v) is 9.91. The molecule has 2 heterocycles. The second-order valence-electron chi connectivity index (χ2n) is 6.57. The van der Waals surface area contributed by atoms with Gasteiger partial charge in [-0.15, -0.1) is 35.3 Å². The predicted octanol–water partition coefficient (Wildman–Crippen LogP) is 3.35. The highest BCUT2D eigenvalue weighted by molar-refractivity contribution is 14.0. The van der Waals surface area contributed by atoms with Crippen LogP contribution in [0.4, 0.5) is 4.39 Å². The number of carbonyl (C=O) groups excluding carboxylic acids is 1. The number of hydrogen-bond acceptors (Lipinski definition) is 3. The molecule has 0 radical (unpaired) electrons. The standard InChI is InChI=1S/C20H24FN5OS.HI/c1-26(2)19(27)13-25-20(24-12-16-4-3-9-28-16)22-8-7-14-11-23-18-6-5-15(21)10-17(14)18;/h3-6,9-11,23H,7-8,12-13H2,1-2H3,(H2,22,24,25);1H. The minimum atomic E-state index is -0.247. The number of carbonyl (C=O) groups is 1. The van der Waals surface area contributed by atoms with Crippen LogP contribution in [0, 0.1) is 5.82 Å². The summed E-state index contributed by atoms with van der Waals surface area (Å²) in [4.78, 5) is 22.1. The topological polar surface area (TPSA) is 72.5 Å². The molecule has 0 atom stereocenters. The molecule has 0 saturated carbocycles. The molecule has 0 aliphatic rings. The molecule has 0 bridgehead atoms. The van der Waals surface area contributed by atoms with Crippen LogP contribution in [-0.4, -0.2) is 48.9 Å². The van der Waals surface area contributed by atoms with Gasteiger partial charge < -0.3 is 20.5 Å². The number of aromatic nitrogens is 1. The van der Waals surface area contributed by atoms with E-state index in [-0.39, 0.29) is 42.2 Å². The van der Waals surface area contributed by atoms with E-state index in [4.69, 9.17) is 0 Å². The number of H-pyrrole nitrogens is 1. The number of amides is 1. The number of hydrogen-bond donors (Lipinski definition) is 3. The first-order chi connectivity index (χ1) is 13.5. The maximum atomic E-state index is 13.5. The van der Waals surface area contributed by atoms with Gasteiger partial charge in [0.1, 0.15) is 12.4 Å². The van der Waals surface area contributed by atoms with Crippen molar-refractivity contribution in [3.8, 4) is 0 Å². The average molecular weight is 529 g/mol. The van der Waals surface area contributed by atoms with Crippen LogP contribution in [0.3, 0.4) is 0 Å². The molecule has 6 nitrogen and oxygen atoms in total. The van der Waals surface area contributed by atoms with E-state index < -0.39 is 0 Å². The largest absolute Gasteiger partial charge is 0.361 e. The van der Waals surface area contributed by atoms with Crippen LogP contribution < -0.4 is 10.6 Å². The molecular weight excluding hydrogens is 504 g/mol. The highest BCUT2D eigenvalue weighted by Gasteiger charge is 2.07. The number of aromatic amines is 1. The van der Waals surface area contributed by atoms with Gasteiger partial charge in [-0.25, -0.2) is 9.38 Å². The number of halogens is 2. The average Bonchev–Trinajstić information content (AvgIpc) is 3.33. The normalized spacial score (nSPS) is 11.2. The van der Waals surface area contributed by atoms with E-state index in [0.717, 1.165) is 16.5 Å². The van der Waals surface area contributed by atoms with Gasteiger partial charge in [0.15, 0.2) is 5.96 Å². The van der Waals surface area contributed by atoms with Crippen molar-refractivity contribution >= 4 is 58.1 Å². The van der Waals surface area contributed by atoms with Gasteiger partial charge in [-0.05, 0) is 41.6 Å². The van der Waals surface area contributed by atoms with E-state index in [1.54, 1.807) is 37.6 Å². The number of rotatable bonds is 7. The van der Waals surface area contributed by atoms with Crippen molar-refractivity contribution in [1.82, 2.24) is 20.5 Å². The lowest BCUT2D eigenvalue weighted by atomic mass is 10.1. The maximum Gasteiger partial charge on any atom is 0.243 e. The third-order valence-electron chi connectivity index (χ3n) is 4.30. The summed E-state index contributed by atoms with van der Waals surface area (Å²) in [5.74, 6) is 0.266. The van der Waals surface area contributed by atoms with Crippen LogP contribution in [0.2, 0.25) is 0 Å². The fourth-order valence-electron chi connectivity index (χ4n) is 2.72. The van der Waals surface area contributed by atoms with Crippen LogP contribution in [0.5, 0.6) is 0 Å². The number of aliphatic imine (C=N–C) groups is 1. The third kappa shape index (κ3) is 6.70. The molecule has 1 amide bonds. The van der Waals surface area contributed by atoms with Gasteiger partial charge in [0.05, 0.1) is 6.54 Å². The Hall–Kier alpha value is -2.14. The van der Waals surface area contributed by atoms with Gasteiger partial charge in [0.25, 0.3) is 0 Å². The van der Waals surface area contributed by atoms with Crippen molar-refractivity contribution in [2.24, 2.45) is 4.99 Å². The number of nitrogens with one attached hydrogen (secondary N) is 3. The number of guanidine groups is 1. The van der Waals surface area contributed by atoms with Gasteiger partial charge in [-0.1, -0.05) is 6.07 Å². The fraction of sp³-hybridized carbons (Fsp3) is 0.300. The van der Waals surface area contributed by atoms with Gasteiger partial charge in [0, 0.05) is 42.6 Å². The SMILES string of the molecule is CN(C)C(=O)CN=C(NCCc1c[nH]c2ccc(F)cc12)NCc1cccs1.I. The van der Waals surface area contributed by atoms with Crippen molar-refractivity contribution in [2.45, 2.75) is 13.0 Å². The summed E-state index contributed by atoms with van der Waals surface area (Å²) < 4.78 is 13.5. The summed E-state index contributed by atoms with van der Waals surface area (Å²) >= 11 is 1.66. The molecule has 0 fully saturated rings. The maximum absolute atomic E-state index is 13.5. The lowest BCUT2D eigenvalue weighted by Crippen LogP contribution is -2.39. The summed E-state index contributed by atoms with van der Waals surface area (Å²) in [7, 11) is 3.42. The molecule has 0 aliphatic carbocycles. The second kappa shape index (κ2) is 11.1. The first-order valence-electron chi connectivity index (χ1n) is 9.03. The van der Waals surface area contributed by atoms with Crippen LogP contribution in [-0.2, 0) is 17.8 Å². The Morgan fingerprint density at radius 1 is 1.28 bits per heavy atom. The lowest BCUT2D eigenvalue weighted by Gasteiger charge is -2.13. The van der Waals surface area contributed by atoms with Crippen LogP contribution in [0.15, 0.2) is 46.9 Å². The van der Waals surface area contributed by atoms with Gasteiger partial charge >= 0.3 is 0 Å². The minimum Gasteiger partial charge on any atom is -0.361 e. The molecule has 3 aromatic rings. The molecule has 3 rings (SSSR count). The zero-order valence-corrected chi connectivity index (χ0v) is 19.5. The van der Waals surface area contributed by atoms with E-state index in [9.17, 15) is 9.18 Å². The Balaban J connectivity index is 0.00000300. The third-order valence-corrected chi connectivity index (χ3v) is 5.17. The van der Waals surface area contributed by atoms with E-state index in [0.29, 0.717) is 25.5 Å². The summed E-state index contributed by atoms with van der Waals surface area (Å²) in [6.45, 7) is 1.32. The molecule has 156 valence electrons. The van der Waals surface area contributed by atoms with Crippen LogP contribution >= 0.6 is 35.3 Å². The molecule has 1 aromatic carbocycles. The monoisotopic (exact) mass is 529 g/mol. The Bertz CT molecular complexity index is 955. The van der Waals surface area contributed by atoms with E-state index in [1.807, 2.05) is 23.7 Å². The fourth-order valence-corrected chi connectivity index (χ4v) is 3.36. The molecule has 29 heavy (non-hydrogen) atoms. The number of benzene rings is 1. The molecule has 9 heteroatoms. The smallest absolute Gasteiger partial charge is 0.243 e. The first kappa shape index (κ1) is 23.1. The Morgan fingerprint density at radius 3 is 2.83 bits per heavy atom. The molecule has 0 spiro atoms. The summed E-state index contributed by atoms with van der Waals surface area (Å²) in [5, 5.41) is 9.42. The second-order valence-corrected chi connectivity index (χ2v) is 7.60. The summed E-state index contributed by atoms with van der Waals surface area (Å²) in [6, 6.07) is 8.77. The number of thiophene rings is 1. The zero-order chi connectivity index (χ0) is 19.9. The predicted molar refractivity (Wildman–Crippen MR) is 128 cm³/mol. The molecule has 3 N–H and O–H groups in total. The highest BCUT2D eigenvalue weighted by Crippen LogP contribution is 2.19. The summed E-state index contributed by atoms with van der Waals surface area (Å²) in [6.07, 6.45) is 2.60. The van der Waals surface area contributed by atoms with Gasteiger partial charge in [-0.2, -0.15) is 0 Å². The van der Waals surface area contributed by atoms with Crippen molar-refractivity contribution in [3.05, 3.63) is 58.2 Å². The quantitative estimate of drug-likeness (QED) is 0.250. The number of fused-ring (bicyclic) bond motifs is 1. The summed E-state index contributed by atoms with van der Waals surface area (Å²) in [5.41, 5.74) is 1.95. The van der Waals surface area contributed by atoms with E-state index in [1.165, 1.54) is 15.8 Å². The number of nitrogens with zero attached hydrogens (tertiary/aromatic N) is 2. The van der Waals surface area contributed by atoms with E-state index >= 15 is 0 Å². The number of likely N-dealkylation sites (N-methyl/N-ethyl adjacent to an activating group) is 1. The minimum absolute atomic E-state index is 0. The Kier molecular flexibility index (Phi) is 8.90. The van der Waals surface area contributed by atoms with Crippen molar-refractivity contribution in [2.75, 3.05) is 27.2 Å². The molecule has 2 aromatic heterocycles. The van der Waals surface area contributed by atoms with Crippen LogP contribution in [0.1, 0.15) is 10.4 Å². The molecular formula is C20H25FIN5OS. The van der Waals surface area contributed by atoms with Crippen molar-refractivity contribution in [3.63, 3.8) is 0 Å². The molecule has 0 unspecified atom stereocenters. The van der Waals surface area contributed by atoms with Gasteiger partial charge in [0.2, 0.25) is 5.91 Å². The van der Waals surface area contributed by atoms with Crippen molar-refractivity contribution < 1.29 is 9.18 Å². The lowest BCUT2D eigenvalue weighted by molar-refractivity contribution is -0.127.